The molecule has 1 N–H and O–H groups in total. The van der Waals surface area contributed by atoms with E-state index in [1.165, 1.54) is 0 Å². The Bertz CT molecular complexity index is 401. The van der Waals surface area contributed by atoms with Gasteiger partial charge in [-0.05, 0) is 16.8 Å². The van der Waals surface area contributed by atoms with E-state index >= 15 is 0 Å². The quantitative estimate of drug-likeness (QED) is 0.675. The van der Waals surface area contributed by atoms with Gasteiger partial charge in [0.25, 0.3) is 5.91 Å². The average Bonchev–Trinajstić information content (AvgIpc) is 2.64. The number of aryl methyl sites for hydroxylation is 1. The number of hydrogen-bond acceptors (Lipinski definition) is 4. The third-order valence-electron chi connectivity index (χ3n) is 2.31. The van der Waals surface area contributed by atoms with Crippen LogP contribution in [0.2, 0.25) is 0 Å². The maximum atomic E-state index is 12.4. The Morgan fingerprint density at radius 3 is 3.20 bits per heavy atom. The summed E-state index contributed by atoms with van der Waals surface area (Å²) >= 11 is 0. The van der Waals surface area contributed by atoms with Crippen LogP contribution in [-0.2, 0) is 17.8 Å². The van der Waals surface area contributed by atoms with Gasteiger partial charge in [0.05, 0.1) is 0 Å². The number of hydrogen-bond donors (Lipinski definition) is 1. The molecule has 80 valence electrons. The number of amides is 1. The number of carbonyl (C=O) groups excluding carboxylic acids is 1. The molecule has 0 aliphatic carbocycles. The molecule has 1 aromatic rings. The molecular formula is C8H10FN5O. The van der Waals surface area contributed by atoms with Crippen molar-refractivity contribution < 1.29 is 9.18 Å². The lowest BCUT2D eigenvalue weighted by molar-refractivity contribution is -0.119. The van der Waals surface area contributed by atoms with Crippen LogP contribution in [0.3, 0.4) is 0 Å². The van der Waals surface area contributed by atoms with Gasteiger partial charge in [0.1, 0.15) is 0 Å². The van der Waals surface area contributed by atoms with Gasteiger partial charge in [-0.1, -0.05) is 6.58 Å². The minimum Gasteiger partial charge on any atom is -0.347 e. The second-order valence-electron chi connectivity index (χ2n) is 3.39. The number of nitrogens with zero attached hydrogens (tertiary/aromatic N) is 4. The second-order valence-corrected chi connectivity index (χ2v) is 3.39. The number of aromatic nitrogens is 4. The monoisotopic (exact) mass is 211 g/mol. The zero-order chi connectivity index (χ0) is 10.8. The van der Waals surface area contributed by atoms with E-state index in [0.717, 1.165) is 0 Å². The highest BCUT2D eigenvalue weighted by molar-refractivity contribution is 5.90. The summed E-state index contributed by atoms with van der Waals surface area (Å²) < 4.78 is 14.1. The molecule has 0 saturated carbocycles. The topological polar surface area (TPSA) is 72.7 Å². The van der Waals surface area contributed by atoms with Crippen molar-refractivity contribution >= 4 is 5.91 Å². The minimum atomic E-state index is -0.972. The van der Waals surface area contributed by atoms with Crippen molar-refractivity contribution in [1.29, 1.82) is 0 Å². The lowest BCUT2D eigenvalue weighted by atomic mass is 10.1. The molecule has 1 unspecified atom stereocenters. The van der Waals surface area contributed by atoms with Crippen molar-refractivity contribution in [3.63, 3.8) is 0 Å². The van der Waals surface area contributed by atoms with Crippen LogP contribution in [-0.4, -0.2) is 32.2 Å². The minimum absolute atomic E-state index is 0.122. The molecule has 1 amide bonds. The first-order valence-corrected chi connectivity index (χ1v) is 4.57. The lowest BCUT2D eigenvalue weighted by Crippen LogP contribution is -2.40. The van der Waals surface area contributed by atoms with E-state index < -0.39 is 11.7 Å². The Kier molecular flexibility index (Phi) is 2.44. The van der Waals surface area contributed by atoms with Crippen molar-refractivity contribution in [2.24, 2.45) is 0 Å². The lowest BCUT2D eigenvalue weighted by Gasteiger charge is -2.21. The van der Waals surface area contributed by atoms with Crippen molar-refractivity contribution in [1.82, 2.24) is 25.5 Å². The fourth-order valence-corrected chi connectivity index (χ4v) is 1.53. The second kappa shape index (κ2) is 3.76. The summed E-state index contributed by atoms with van der Waals surface area (Å²) in [5.74, 6) is -1.03. The standard InChI is InChI=1S/C8H10FN5O/c1-5(9)8(15)10-6-2-3-14-7(4-6)11-12-13-14/h6H,1-4H2,(H,10,15). The zero-order valence-electron chi connectivity index (χ0n) is 7.98. The average molecular weight is 211 g/mol. The number of fused-ring (bicyclic) bond motifs is 1. The molecule has 0 fully saturated rings. The van der Waals surface area contributed by atoms with Crippen LogP contribution in [0.15, 0.2) is 12.4 Å². The molecule has 0 saturated heterocycles. The van der Waals surface area contributed by atoms with Gasteiger partial charge in [0.2, 0.25) is 0 Å². The molecule has 1 aliphatic heterocycles. The van der Waals surface area contributed by atoms with Gasteiger partial charge in [-0.25, -0.2) is 9.07 Å². The van der Waals surface area contributed by atoms with Gasteiger partial charge in [-0.15, -0.1) is 5.10 Å². The van der Waals surface area contributed by atoms with E-state index in [9.17, 15) is 9.18 Å². The molecule has 1 aliphatic rings. The SMILES string of the molecule is C=C(F)C(=O)NC1CCn2nnnc2C1. The molecule has 0 bridgehead atoms. The van der Waals surface area contributed by atoms with E-state index in [2.05, 4.69) is 27.4 Å². The summed E-state index contributed by atoms with van der Waals surface area (Å²) in [4.78, 5) is 11.0. The van der Waals surface area contributed by atoms with Crippen molar-refractivity contribution in [2.75, 3.05) is 0 Å². The van der Waals surface area contributed by atoms with Crippen molar-refractivity contribution in [2.45, 2.75) is 25.4 Å². The zero-order valence-corrected chi connectivity index (χ0v) is 7.98. The summed E-state index contributed by atoms with van der Waals surface area (Å²) in [7, 11) is 0. The summed E-state index contributed by atoms with van der Waals surface area (Å²) in [5.41, 5.74) is 0. The van der Waals surface area contributed by atoms with Crippen LogP contribution in [0.4, 0.5) is 4.39 Å². The number of nitrogens with one attached hydrogen (secondary N) is 1. The Morgan fingerprint density at radius 2 is 2.47 bits per heavy atom. The third kappa shape index (κ3) is 2.00. The summed E-state index contributed by atoms with van der Waals surface area (Å²) in [6.45, 7) is 3.56. The van der Waals surface area contributed by atoms with Gasteiger partial charge < -0.3 is 5.32 Å². The van der Waals surface area contributed by atoms with Crippen LogP contribution >= 0.6 is 0 Å². The first-order chi connectivity index (χ1) is 7.16. The van der Waals surface area contributed by atoms with E-state index in [-0.39, 0.29) is 6.04 Å². The van der Waals surface area contributed by atoms with Gasteiger partial charge in [0.15, 0.2) is 11.7 Å². The molecule has 6 nitrogen and oxygen atoms in total. The Hall–Kier alpha value is -1.79. The summed E-state index contributed by atoms with van der Waals surface area (Å²) in [6, 6.07) is -0.122. The maximum Gasteiger partial charge on any atom is 0.279 e. The number of carbonyl (C=O) groups is 1. The van der Waals surface area contributed by atoms with E-state index in [0.29, 0.717) is 25.2 Å². The van der Waals surface area contributed by atoms with Crippen molar-refractivity contribution in [3.05, 3.63) is 18.2 Å². The summed E-state index contributed by atoms with van der Waals surface area (Å²) in [5, 5.41) is 13.6. The van der Waals surface area contributed by atoms with E-state index in [1.54, 1.807) is 4.68 Å². The fraction of sp³-hybridized carbons (Fsp3) is 0.500. The van der Waals surface area contributed by atoms with Crippen LogP contribution in [0.1, 0.15) is 12.2 Å². The molecule has 2 heterocycles. The van der Waals surface area contributed by atoms with Gasteiger partial charge in [-0.2, -0.15) is 0 Å². The molecule has 1 atom stereocenters. The first kappa shape index (κ1) is 9.75. The highest BCUT2D eigenvalue weighted by Gasteiger charge is 2.22. The predicted octanol–water partition coefficient (Wildman–Crippen LogP) is -0.413. The highest BCUT2D eigenvalue weighted by atomic mass is 19.1. The van der Waals surface area contributed by atoms with Gasteiger partial charge >= 0.3 is 0 Å². The molecule has 1 aromatic heterocycles. The molecular weight excluding hydrogens is 201 g/mol. The first-order valence-electron chi connectivity index (χ1n) is 4.57. The third-order valence-corrected chi connectivity index (χ3v) is 2.31. The largest absolute Gasteiger partial charge is 0.347 e. The number of rotatable bonds is 2. The molecule has 0 aromatic carbocycles. The maximum absolute atomic E-state index is 12.4. The van der Waals surface area contributed by atoms with Crippen molar-refractivity contribution in [3.8, 4) is 0 Å². The van der Waals surface area contributed by atoms with Crippen LogP contribution in [0, 0.1) is 0 Å². The molecule has 0 spiro atoms. The molecule has 0 radical (unpaired) electrons. The Balaban J connectivity index is 1.98. The molecule has 15 heavy (non-hydrogen) atoms. The predicted molar refractivity (Wildman–Crippen MR) is 48.3 cm³/mol. The van der Waals surface area contributed by atoms with Crippen LogP contribution in [0.25, 0.3) is 0 Å². The van der Waals surface area contributed by atoms with Crippen LogP contribution in [0.5, 0.6) is 0 Å². The molecule has 7 heteroatoms. The number of tetrazole rings is 1. The Labute approximate surface area is 85.2 Å². The Morgan fingerprint density at radius 1 is 1.67 bits per heavy atom. The smallest absolute Gasteiger partial charge is 0.279 e. The van der Waals surface area contributed by atoms with E-state index in [1.807, 2.05) is 0 Å². The van der Waals surface area contributed by atoms with Gasteiger partial charge in [0, 0.05) is 19.0 Å². The summed E-state index contributed by atoms with van der Waals surface area (Å²) in [6.07, 6.45) is 1.21. The van der Waals surface area contributed by atoms with E-state index in [4.69, 9.17) is 0 Å². The fourth-order valence-electron chi connectivity index (χ4n) is 1.53. The number of halogens is 1. The normalized spacial score (nSPS) is 19.4. The highest BCUT2D eigenvalue weighted by Crippen LogP contribution is 2.11. The van der Waals surface area contributed by atoms with Crippen LogP contribution < -0.4 is 5.32 Å². The van der Waals surface area contributed by atoms with Gasteiger partial charge in [-0.3, -0.25) is 4.79 Å². The molecule has 2 rings (SSSR count).